The van der Waals surface area contributed by atoms with Crippen molar-refractivity contribution in [1.29, 1.82) is 0 Å². The zero-order valence-corrected chi connectivity index (χ0v) is 19.6. The number of rotatable bonds is 10. The molecule has 0 atom stereocenters. The summed E-state index contributed by atoms with van der Waals surface area (Å²) in [5.41, 5.74) is 2.70. The summed E-state index contributed by atoms with van der Waals surface area (Å²) >= 11 is 0. The number of hydrogen-bond donors (Lipinski definition) is 2. The Morgan fingerprint density at radius 1 is 1.07 bits per heavy atom. The molecule has 2 N–H and O–H groups in total. The van der Waals surface area contributed by atoms with E-state index in [2.05, 4.69) is 44.8 Å². The van der Waals surface area contributed by atoms with Crippen LogP contribution >= 0.6 is 24.0 Å². The third-order valence-electron chi connectivity index (χ3n) is 5.37. The van der Waals surface area contributed by atoms with Crippen LogP contribution in [-0.4, -0.2) is 50.8 Å². The lowest BCUT2D eigenvalue weighted by molar-refractivity contribution is 0.123. The average molecular weight is 500 g/mol. The topological polar surface area (TPSA) is 48.9 Å². The molecule has 1 aliphatic carbocycles. The van der Waals surface area contributed by atoms with Gasteiger partial charge in [0, 0.05) is 39.9 Å². The van der Waals surface area contributed by atoms with Crippen LogP contribution < -0.4 is 10.6 Å². The zero-order valence-electron chi connectivity index (χ0n) is 17.3. The molecule has 0 spiro atoms. The van der Waals surface area contributed by atoms with Gasteiger partial charge in [-0.15, -0.1) is 24.0 Å². The molecule has 2 aliphatic rings. The summed E-state index contributed by atoms with van der Waals surface area (Å²) in [4.78, 5) is 6.87. The molecule has 1 aromatic carbocycles. The lowest BCUT2D eigenvalue weighted by Crippen LogP contribution is -2.37. The quantitative estimate of drug-likeness (QED) is 0.222. The number of likely N-dealkylation sites (tertiary alicyclic amines) is 1. The van der Waals surface area contributed by atoms with E-state index in [9.17, 15) is 0 Å². The number of piperidine rings is 1. The monoisotopic (exact) mass is 500 g/mol. The molecule has 5 nitrogen and oxygen atoms in total. The molecule has 0 aromatic heterocycles. The van der Waals surface area contributed by atoms with E-state index >= 15 is 0 Å². The van der Waals surface area contributed by atoms with Crippen molar-refractivity contribution in [2.24, 2.45) is 10.9 Å². The third kappa shape index (κ3) is 9.09. The summed E-state index contributed by atoms with van der Waals surface area (Å²) in [6.45, 7) is 7.04. The van der Waals surface area contributed by atoms with Gasteiger partial charge in [0.25, 0.3) is 0 Å². The molecule has 6 heteroatoms. The minimum atomic E-state index is 0. The molecule has 28 heavy (non-hydrogen) atoms. The standard InChI is InChI=1S/C22H36N4O.HI/c1-23-22(24-12-5-15-27-18-21-10-11-21)25-16-19-6-8-20(9-7-19)17-26-13-3-2-4-14-26;/h6-9,21H,2-5,10-18H2,1H3,(H2,23,24,25);1H. The first-order valence-corrected chi connectivity index (χ1v) is 10.7. The van der Waals surface area contributed by atoms with Crippen molar-refractivity contribution in [2.75, 3.05) is 39.9 Å². The SMILES string of the molecule is CN=C(NCCCOCC1CC1)NCc1ccc(CN2CCCCC2)cc1.I. The highest BCUT2D eigenvalue weighted by molar-refractivity contribution is 14.0. The van der Waals surface area contributed by atoms with E-state index in [1.807, 2.05) is 7.05 Å². The van der Waals surface area contributed by atoms with Gasteiger partial charge in [0.05, 0.1) is 0 Å². The summed E-state index contributed by atoms with van der Waals surface area (Å²) in [5.74, 6) is 1.70. The minimum Gasteiger partial charge on any atom is -0.381 e. The van der Waals surface area contributed by atoms with Crippen molar-refractivity contribution in [3.05, 3.63) is 35.4 Å². The molecule has 0 amide bonds. The average Bonchev–Trinajstić information content (AvgIpc) is 3.53. The predicted molar refractivity (Wildman–Crippen MR) is 127 cm³/mol. The highest BCUT2D eigenvalue weighted by Crippen LogP contribution is 2.28. The third-order valence-corrected chi connectivity index (χ3v) is 5.37. The summed E-state index contributed by atoms with van der Waals surface area (Å²) < 4.78 is 5.66. The van der Waals surface area contributed by atoms with Gasteiger partial charge in [-0.25, -0.2) is 0 Å². The van der Waals surface area contributed by atoms with E-state index in [-0.39, 0.29) is 24.0 Å². The molecule has 1 aliphatic heterocycles. The first-order valence-electron chi connectivity index (χ1n) is 10.7. The molecule has 1 heterocycles. The molecule has 158 valence electrons. The van der Waals surface area contributed by atoms with Crippen LogP contribution in [0.3, 0.4) is 0 Å². The first-order chi connectivity index (χ1) is 13.3. The van der Waals surface area contributed by atoms with E-state index in [1.165, 1.54) is 56.3 Å². The highest BCUT2D eigenvalue weighted by atomic mass is 127. The Labute approximate surface area is 187 Å². The Kier molecular flexibility index (Phi) is 11.2. The van der Waals surface area contributed by atoms with Gasteiger partial charge in [-0.05, 0) is 62.2 Å². The van der Waals surface area contributed by atoms with Crippen LogP contribution in [0.5, 0.6) is 0 Å². The molecule has 2 fully saturated rings. The molecular weight excluding hydrogens is 463 g/mol. The van der Waals surface area contributed by atoms with Crippen molar-refractivity contribution in [1.82, 2.24) is 15.5 Å². The van der Waals surface area contributed by atoms with Crippen molar-refractivity contribution in [2.45, 2.75) is 51.6 Å². The maximum absolute atomic E-state index is 5.66. The fraction of sp³-hybridized carbons (Fsp3) is 0.682. The predicted octanol–water partition coefficient (Wildman–Crippen LogP) is 3.77. The number of hydrogen-bond acceptors (Lipinski definition) is 3. The van der Waals surface area contributed by atoms with Gasteiger partial charge < -0.3 is 15.4 Å². The molecule has 1 saturated heterocycles. The van der Waals surface area contributed by atoms with Crippen molar-refractivity contribution in [3.63, 3.8) is 0 Å². The highest BCUT2D eigenvalue weighted by Gasteiger charge is 2.20. The summed E-state index contributed by atoms with van der Waals surface area (Å²) in [6, 6.07) is 8.98. The van der Waals surface area contributed by atoms with Gasteiger partial charge in [-0.1, -0.05) is 30.7 Å². The van der Waals surface area contributed by atoms with E-state index in [0.717, 1.165) is 51.1 Å². The van der Waals surface area contributed by atoms with Gasteiger partial charge >= 0.3 is 0 Å². The number of nitrogens with zero attached hydrogens (tertiary/aromatic N) is 2. The zero-order chi connectivity index (χ0) is 18.7. The maximum Gasteiger partial charge on any atom is 0.191 e. The normalized spacial score (nSPS) is 17.8. The Morgan fingerprint density at radius 3 is 2.46 bits per heavy atom. The van der Waals surface area contributed by atoms with Crippen LogP contribution in [0.1, 0.15) is 49.7 Å². The smallest absolute Gasteiger partial charge is 0.191 e. The fourth-order valence-electron chi connectivity index (χ4n) is 3.46. The van der Waals surface area contributed by atoms with Crippen molar-refractivity contribution >= 4 is 29.9 Å². The molecule has 3 rings (SSSR count). The van der Waals surface area contributed by atoms with E-state index < -0.39 is 0 Å². The van der Waals surface area contributed by atoms with Gasteiger partial charge in [0.1, 0.15) is 0 Å². The second kappa shape index (κ2) is 13.4. The van der Waals surface area contributed by atoms with Crippen molar-refractivity contribution in [3.8, 4) is 0 Å². The second-order valence-electron chi connectivity index (χ2n) is 7.88. The largest absolute Gasteiger partial charge is 0.381 e. The molecule has 0 radical (unpaired) electrons. The number of benzene rings is 1. The van der Waals surface area contributed by atoms with Crippen LogP contribution in [-0.2, 0) is 17.8 Å². The van der Waals surface area contributed by atoms with Crippen LogP contribution in [0.25, 0.3) is 0 Å². The number of aliphatic imine (C=N–C) groups is 1. The molecular formula is C22H37IN4O. The number of ether oxygens (including phenoxy) is 1. The van der Waals surface area contributed by atoms with Gasteiger partial charge in [0.15, 0.2) is 5.96 Å². The summed E-state index contributed by atoms with van der Waals surface area (Å²) in [5, 5.41) is 6.75. The van der Waals surface area contributed by atoms with E-state index in [1.54, 1.807) is 0 Å². The van der Waals surface area contributed by atoms with Crippen LogP contribution in [0, 0.1) is 5.92 Å². The lowest BCUT2D eigenvalue weighted by atomic mass is 10.1. The first kappa shape index (κ1) is 23.4. The second-order valence-corrected chi connectivity index (χ2v) is 7.88. The minimum absolute atomic E-state index is 0. The van der Waals surface area contributed by atoms with E-state index in [4.69, 9.17) is 4.74 Å². The Bertz CT molecular complexity index is 568. The van der Waals surface area contributed by atoms with Crippen LogP contribution in [0.2, 0.25) is 0 Å². The molecule has 1 saturated carbocycles. The Hall–Kier alpha value is -0.860. The van der Waals surface area contributed by atoms with E-state index in [0.29, 0.717) is 0 Å². The molecule has 0 unspecified atom stereocenters. The number of halogens is 1. The summed E-state index contributed by atoms with van der Waals surface area (Å²) in [6.07, 6.45) is 7.81. The van der Waals surface area contributed by atoms with Gasteiger partial charge in [0.2, 0.25) is 0 Å². The fourth-order valence-corrected chi connectivity index (χ4v) is 3.46. The van der Waals surface area contributed by atoms with Crippen molar-refractivity contribution < 1.29 is 4.74 Å². The number of guanidine groups is 1. The Balaban J connectivity index is 0.00000280. The number of nitrogens with one attached hydrogen (secondary N) is 2. The van der Waals surface area contributed by atoms with Crippen LogP contribution in [0.4, 0.5) is 0 Å². The Morgan fingerprint density at radius 2 is 1.79 bits per heavy atom. The van der Waals surface area contributed by atoms with Crippen LogP contribution in [0.15, 0.2) is 29.3 Å². The maximum atomic E-state index is 5.66. The molecule has 1 aromatic rings. The van der Waals surface area contributed by atoms with Gasteiger partial charge in [-0.2, -0.15) is 0 Å². The molecule has 0 bridgehead atoms. The van der Waals surface area contributed by atoms with Gasteiger partial charge in [-0.3, -0.25) is 9.89 Å². The summed E-state index contributed by atoms with van der Waals surface area (Å²) in [7, 11) is 1.82. The lowest BCUT2D eigenvalue weighted by Gasteiger charge is -2.26.